The Morgan fingerprint density at radius 1 is 1.24 bits per heavy atom. The van der Waals surface area contributed by atoms with Gasteiger partial charge >= 0.3 is 0 Å². The second kappa shape index (κ2) is 6.80. The van der Waals surface area contributed by atoms with E-state index in [2.05, 4.69) is 10.3 Å². The molecule has 2 aromatic rings. The molecule has 0 fully saturated rings. The molecular formula is C16H21F2N3. The van der Waals surface area contributed by atoms with E-state index >= 15 is 0 Å². The van der Waals surface area contributed by atoms with Crippen LogP contribution in [-0.4, -0.2) is 16.1 Å². The molecule has 2 rings (SSSR count). The maximum atomic E-state index is 14.1. The number of nitrogens with zero attached hydrogens (tertiary/aromatic N) is 2. The molecule has 0 spiro atoms. The highest BCUT2D eigenvalue weighted by molar-refractivity contribution is 5.29. The van der Waals surface area contributed by atoms with Crippen molar-refractivity contribution in [3.8, 4) is 0 Å². The van der Waals surface area contributed by atoms with Crippen LogP contribution in [-0.2, 0) is 13.0 Å². The van der Waals surface area contributed by atoms with Crippen molar-refractivity contribution in [2.75, 3.05) is 6.54 Å². The van der Waals surface area contributed by atoms with Crippen LogP contribution in [0.4, 0.5) is 8.78 Å². The molecule has 5 heteroatoms. The molecule has 0 radical (unpaired) electrons. The zero-order valence-corrected chi connectivity index (χ0v) is 12.7. The molecule has 1 unspecified atom stereocenters. The van der Waals surface area contributed by atoms with Gasteiger partial charge in [-0.15, -0.1) is 0 Å². The zero-order valence-electron chi connectivity index (χ0n) is 12.7. The van der Waals surface area contributed by atoms with Gasteiger partial charge in [-0.05, 0) is 32.0 Å². The fourth-order valence-electron chi connectivity index (χ4n) is 2.49. The second-order valence-corrected chi connectivity index (χ2v) is 5.07. The molecule has 0 aliphatic rings. The summed E-state index contributed by atoms with van der Waals surface area (Å²) in [6.45, 7) is 7.17. The van der Waals surface area contributed by atoms with Crippen molar-refractivity contribution in [3.05, 3.63) is 53.1 Å². The van der Waals surface area contributed by atoms with Crippen molar-refractivity contribution in [2.45, 2.75) is 39.8 Å². The number of benzene rings is 1. The zero-order chi connectivity index (χ0) is 15.4. The molecule has 1 aromatic heterocycles. The Bertz CT molecular complexity index is 608. The Morgan fingerprint density at radius 3 is 2.67 bits per heavy atom. The largest absolute Gasteiger partial charge is 0.335 e. The fourth-order valence-corrected chi connectivity index (χ4v) is 2.49. The summed E-state index contributed by atoms with van der Waals surface area (Å²) < 4.78 is 29.6. The average Bonchev–Trinajstić information content (AvgIpc) is 2.89. The maximum absolute atomic E-state index is 14.1. The summed E-state index contributed by atoms with van der Waals surface area (Å²) in [5, 5.41) is 3.26. The van der Waals surface area contributed by atoms with Crippen LogP contribution in [0.15, 0.2) is 24.5 Å². The first-order valence-electron chi connectivity index (χ1n) is 7.25. The Kier molecular flexibility index (Phi) is 5.07. The van der Waals surface area contributed by atoms with Gasteiger partial charge in [-0.1, -0.05) is 6.92 Å². The van der Waals surface area contributed by atoms with E-state index in [0.717, 1.165) is 18.4 Å². The Morgan fingerprint density at radius 2 is 2.00 bits per heavy atom. The molecular weight excluding hydrogens is 272 g/mol. The number of imidazole rings is 1. The lowest BCUT2D eigenvalue weighted by atomic mass is 10.00. The summed E-state index contributed by atoms with van der Waals surface area (Å²) in [7, 11) is 0. The maximum Gasteiger partial charge on any atom is 0.130 e. The number of aromatic nitrogens is 2. The normalized spacial score (nSPS) is 12.6. The predicted molar refractivity (Wildman–Crippen MR) is 79.1 cm³/mol. The minimum absolute atomic E-state index is 0.220. The number of rotatable bonds is 6. The van der Waals surface area contributed by atoms with Gasteiger partial charge in [0.05, 0.1) is 0 Å². The van der Waals surface area contributed by atoms with Crippen LogP contribution in [0.3, 0.4) is 0 Å². The second-order valence-electron chi connectivity index (χ2n) is 5.07. The van der Waals surface area contributed by atoms with E-state index in [1.54, 1.807) is 19.2 Å². The molecule has 0 aliphatic heterocycles. The Hall–Kier alpha value is -1.75. The quantitative estimate of drug-likeness (QED) is 0.885. The number of aryl methyl sites for hydroxylation is 2. The molecule has 0 bridgehead atoms. The fraction of sp³-hybridized carbons (Fsp3) is 0.438. The number of hydrogen-bond acceptors (Lipinski definition) is 2. The number of likely N-dealkylation sites (N-methyl/N-ethyl adjacent to an activating group) is 1. The number of halogens is 2. The molecule has 1 heterocycles. The smallest absolute Gasteiger partial charge is 0.130 e. The predicted octanol–water partition coefficient (Wildman–Crippen LogP) is 3.38. The van der Waals surface area contributed by atoms with E-state index in [9.17, 15) is 8.78 Å². The van der Waals surface area contributed by atoms with E-state index in [0.29, 0.717) is 24.1 Å². The number of hydrogen-bond donors (Lipinski definition) is 1. The van der Waals surface area contributed by atoms with Crippen LogP contribution >= 0.6 is 0 Å². The van der Waals surface area contributed by atoms with E-state index in [-0.39, 0.29) is 6.04 Å². The van der Waals surface area contributed by atoms with E-state index in [1.165, 1.54) is 0 Å². The van der Waals surface area contributed by atoms with Crippen molar-refractivity contribution in [1.29, 1.82) is 0 Å². The van der Waals surface area contributed by atoms with Crippen LogP contribution in [0, 0.1) is 18.6 Å². The van der Waals surface area contributed by atoms with Crippen molar-refractivity contribution < 1.29 is 8.78 Å². The van der Waals surface area contributed by atoms with Crippen LogP contribution in [0.5, 0.6) is 0 Å². The highest BCUT2D eigenvalue weighted by atomic mass is 19.1. The lowest BCUT2D eigenvalue weighted by molar-refractivity contribution is 0.485. The van der Waals surface area contributed by atoms with Crippen molar-refractivity contribution in [1.82, 2.24) is 14.9 Å². The van der Waals surface area contributed by atoms with Gasteiger partial charge in [0.1, 0.15) is 17.5 Å². The third-order valence-electron chi connectivity index (χ3n) is 3.63. The first-order valence-corrected chi connectivity index (χ1v) is 7.25. The van der Waals surface area contributed by atoms with E-state index < -0.39 is 11.6 Å². The lowest BCUT2D eigenvalue weighted by Gasteiger charge is -2.20. The summed E-state index contributed by atoms with van der Waals surface area (Å²) in [6.07, 6.45) is 4.22. The SMILES string of the molecule is CCNC(Cc1nccn1CC)c1cc(C)c(F)cc1F. The molecule has 0 amide bonds. The van der Waals surface area contributed by atoms with Gasteiger partial charge in [0, 0.05) is 43.0 Å². The third-order valence-corrected chi connectivity index (χ3v) is 3.63. The first kappa shape index (κ1) is 15.6. The first-order chi connectivity index (χ1) is 10.1. The summed E-state index contributed by atoms with van der Waals surface area (Å²) in [6, 6.07) is 2.32. The standard InChI is InChI=1S/C16H21F2N3/c1-4-19-15(10-16-20-6-7-21(16)5-2)12-8-11(3)13(17)9-14(12)18/h6-9,15,19H,4-5,10H2,1-3H3. The van der Waals surface area contributed by atoms with Crippen molar-refractivity contribution in [2.24, 2.45) is 0 Å². The van der Waals surface area contributed by atoms with Gasteiger partial charge in [0.2, 0.25) is 0 Å². The van der Waals surface area contributed by atoms with Crippen molar-refractivity contribution >= 4 is 0 Å². The van der Waals surface area contributed by atoms with Crippen LogP contribution < -0.4 is 5.32 Å². The molecule has 21 heavy (non-hydrogen) atoms. The molecule has 1 aromatic carbocycles. The molecule has 0 aliphatic carbocycles. The minimum Gasteiger partial charge on any atom is -0.335 e. The molecule has 1 atom stereocenters. The average molecular weight is 293 g/mol. The lowest BCUT2D eigenvalue weighted by Crippen LogP contribution is -2.25. The Balaban J connectivity index is 2.33. The van der Waals surface area contributed by atoms with Gasteiger partial charge in [-0.2, -0.15) is 0 Å². The number of nitrogens with one attached hydrogen (secondary N) is 1. The Labute approximate surface area is 124 Å². The summed E-state index contributed by atoms with van der Waals surface area (Å²) in [5.74, 6) is -0.134. The molecule has 114 valence electrons. The highest BCUT2D eigenvalue weighted by Gasteiger charge is 2.19. The molecule has 1 N–H and O–H groups in total. The third kappa shape index (κ3) is 3.47. The van der Waals surface area contributed by atoms with Gasteiger partial charge in [0.25, 0.3) is 0 Å². The van der Waals surface area contributed by atoms with Crippen LogP contribution in [0.1, 0.15) is 36.8 Å². The summed E-state index contributed by atoms with van der Waals surface area (Å²) >= 11 is 0. The monoisotopic (exact) mass is 293 g/mol. The molecule has 0 saturated heterocycles. The van der Waals surface area contributed by atoms with Gasteiger partial charge in [-0.25, -0.2) is 13.8 Å². The minimum atomic E-state index is -0.515. The topological polar surface area (TPSA) is 29.9 Å². The van der Waals surface area contributed by atoms with Gasteiger partial charge in [-0.3, -0.25) is 0 Å². The van der Waals surface area contributed by atoms with Gasteiger partial charge in [0.15, 0.2) is 0 Å². The van der Waals surface area contributed by atoms with Crippen LogP contribution in [0.25, 0.3) is 0 Å². The van der Waals surface area contributed by atoms with Gasteiger partial charge < -0.3 is 9.88 Å². The van der Waals surface area contributed by atoms with E-state index in [4.69, 9.17) is 0 Å². The molecule has 0 saturated carbocycles. The van der Waals surface area contributed by atoms with Crippen molar-refractivity contribution in [3.63, 3.8) is 0 Å². The molecule has 3 nitrogen and oxygen atoms in total. The van der Waals surface area contributed by atoms with E-state index in [1.807, 2.05) is 24.6 Å². The van der Waals surface area contributed by atoms with Crippen LogP contribution in [0.2, 0.25) is 0 Å². The summed E-state index contributed by atoms with van der Waals surface area (Å²) in [4.78, 5) is 4.33. The summed E-state index contributed by atoms with van der Waals surface area (Å²) in [5.41, 5.74) is 0.939. The highest BCUT2D eigenvalue weighted by Crippen LogP contribution is 2.23.